The smallest absolute Gasteiger partial charge is 0.0824 e. The molecular formula is C11H21N3O. The molecule has 0 atom stereocenters. The number of hydrogen-bond acceptors (Lipinski definition) is 3. The molecule has 1 aromatic heterocycles. The minimum atomic E-state index is 0.315. The summed E-state index contributed by atoms with van der Waals surface area (Å²) in [6, 6.07) is 0. The second kappa shape index (κ2) is 6.45. The molecule has 4 heteroatoms. The fourth-order valence-corrected chi connectivity index (χ4v) is 1.59. The van der Waals surface area contributed by atoms with Crippen molar-refractivity contribution in [1.29, 1.82) is 0 Å². The third kappa shape index (κ3) is 4.34. The Morgan fingerprint density at radius 1 is 1.33 bits per heavy atom. The molecule has 0 fully saturated rings. The van der Waals surface area contributed by atoms with Gasteiger partial charge in [-0.2, -0.15) is 5.10 Å². The van der Waals surface area contributed by atoms with E-state index in [0.717, 1.165) is 37.2 Å². The quantitative estimate of drug-likeness (QED) is 0.675. The van der Waals surface area contributed by atoms with Crippen LogP contribution in [0.25, 0.3) is 0 Å². The molecule has 86 valence electrons. The van der Waals surface area contributed by atoms with E-state index in [1.165, 1.54) is 6.42 Å². The van der Waals surface area contributed by atoms with Gasteiger partial charge in [0.05, 0.1) is 11.4 Å². The van der Waals surface area contributed by atoms with Crippen LogP contribution >= 0.6 is 0 Å². The van der Waals surface area contributed by atoms with Crippen LogP contribution in [0.2, 0.25) is 0 Å². The fourth-order valence-electron chi connectivity index (χ4n) is 1.59. The molecule has 0 unspecified atom stereocenters. The number of nitrogens with zero attached hydrogens (tertiary/aromatic N) is 2. The molecule has 0 aromatic carbocycles. The molecule has 0 aliphatic carbocycles. The third-order valence-corrected chi connectivity index (χ3v) is 2.41. The van der Waals surface area contributed by atoms with Crippen molar-refractivity contribution in [2.45, 2.75) is 32.6 Å². The van der Waals surface area contributed by atoms with Gasteiger partial charge in [0.25, 0.3) is 0 Å². The number of aliphatic hydroxyl groups is 1. The Kier molecular flexibility index (Phi) is 5.18. The molecule has 2 N–H and O–H groups in total. The van der Waals surface area contributed by atoms with E-state index in [1.807, 2.05) is 24.9 Å². The summed E-state index contributed by atoms with van der Waals surface area (Å²) in [4.78, 5) is 0. The maximum Gasteiger partial charge on any atom is 0.0824 e. The molecule has 15 heavy (non-hydrogen) atoms. The number of aliphatic hydroxyl groups excluding tert-OH is 1. The van der Waals surface area contributed by atoms with Gasteiger partial charge in [0, 0.05) is 26.4 Å². The number of aryl methyl sites for hydroxylation is 2. The maximum absolute atomic E-state index is 8.61. The minimum Gasteiger partial charge on any atom is -0.396 e. The van der Waals surface area contributed by atoms with Crippen LogP contribution < -0.4 is 5.32 Å². The van der Waals surface area contributed by atoms with Gasteiger partial charge in [-0.05, 0) is 19.8 Å². The summed E-state index contributed by atoms with van der Waals surface area (Å²) in [6.45, 7) is 3.31. The lowest BCUT2D eigenvalue weighted by Gasteiger charge is -2.03. The van der Waals surface area contributed by atoms with E-state index in [9.17, 15) is 0 Å². The van der Waals surface area contributed by atoms with E-state index in [0.29, 0.717) is 6.61 Å². The van der Waals surface area contributed by atoms with Crippen LogP contribution in [-0.4, -0.2) is 28.0 Å². The van der Waals surface area contributed by atoms with Gasteiger partial charge < -0.3 is 10.4 Å². The number of hydrogen-bond donors (Lipinski definition) is 2. The normalized spacial score (nSPS) is 10.6. The molecule has 1 aromatic rings. The fraction of sp³-hybridized carbons (Fsp3) is 0.727. The first-order chi connectivity index (χ1) is 7.24. The highest BCUT2D eigenvalue weighted by Gasteiger charge is 2.00. The molecule has 1 rings (SSSR count). The molecule has 0 saturated carbocycles. The number of aromatic nitrogens is 2. The van der Waals surface area contributed by atoms with Gasteiger partial charge in [-0.15, -0.1) is 0 Å². The lowest BCUT2D eigenvalue weighted by molar-refractivity contribution is 0.283. The molecule has 0 amide bonds. The van der Waals surface area contributed by atoms with Crippen molar-refractivity contribution >= 4 is 5.69 Å². The van der Waals surface area contributed by atoms with E-state index >= 15 is 0 Å². The Bertz CT molecular complexity index is 283. The van der Waals surface area contributed by atoms with Gasteiger partial charge in [-0.3, -0.25) is 4.68 Å². The zero-order valence-corrected chi connectivity index (χ0v) is 9.66. The van der Waals surface area contributed by atoms with Crippen LogP contribution in [0.15, 0.2) is 6.20 Å². The average molecular weight is 211 g/mol. The van der Waals surface area contributed by atoms with Crippen LogP contribution in [0, 0.1) is 6.92 Å². The summed E-state index contributed by atoms with van der Waals surface area (Å²) in [6.07, 6.45) is 6.36. The van der Waals surface area contributed by atoms with E-state index in [-0.39, 0.29) is 0 Å². The zero-order valence-electron chi connectivity index (χ0n) is 9.66. The molecule has 1 heterocycles. The first-order valence-electron chi connectivity index (χ1n) is 5.59. The van der Waals surface area contributed by atoms with Crippen molar-refractivity contribution in [2.75, 3.05) is 18.5 Å². The molecular weight excluding hydrogens is 190 g/mol. The predicted molar refractivity (Wildman–Crippen MR) is 62.0 cm³/mol. The molecule has 0 aliphatic rings. The minimum absolute atomic E-state index is 0.315. The van der Waals surface area contributed by atoms with Crippen molar-refractivity contribution in [3.05, 3.63) is 11.9 Å². The van der Waals surface area contributed by atoms with Crippen LogP contribution in [0.4, 0.5) is 5.69 Å². The van der Waals surface area contributed by atoms with Gasteiger partial charge >= 0.3 is 0 Å². The monoisotopic (exact) mass is 211 g/mol. The van der Waals surface area contributed by atoms with Crippen molar-refractivity contribution in [1.82, 2.24) is 9.78 Å². The van der Waals surface area contributed by atoms with Crippen molar-refractivity contribution in [3.8, 4) is 0 Å². The second-order valence-electron chi connectivity index (χ2n) is 3.87. The Labute approximate surface area is 91.3 Å². The second-order valence-corrected chi connectivity index (χ2v) is 3.87. The SMILES string of the molecule is Cc1nn(C)cc1NCCCCCCO. The number of unbranched alkanes of at least 4 members (excludes halogenated alkanes) is 3. The lowest BCUT2D eigenvalue weighted by Crippen LogP contribution is -2.01. The Morgan fingerprint density at radius 3 is 2.67 bits per heavy atom. The van der Waals surface area contributed by atoms with Crippen molar-refractivity contribution in [2.24, 2.45) is 7.05 Å². The molecule has 0 bridgehead atoms. The predicted octanol–water partition coefficient (Wildman–Crippen LogP) is 1.69. The maximum atomic E-state index is 8.61. The summed E-state index contributed by atoms with van der Waals surface area (Å²) in [7, 11) is 1.93. The standard InChI is InChI=1S/C11H21N3O/c1-10-11(9-14(2)13-10)12-7-5-3-4-6-8-15/h9,12,15H,3-8H2,1-2H3. The van der Waals surface area contributed by atoms with Crippen molar-refractivity contribution in [3.63, 3.8) is 0 Å². The van der Waals surface area contributed by atoms with Gasteiger partial charge in [0.15, 0.2) is 0 Å². The summed E-state index contributed by atoms with van der Waals surface area (Å²) in [5, 5.41) is 16.2. The zero-order chi connectivity index (χ0) is 11.1. The molecule has 4 nitrogen and oxygen atoms in total. The first-order valence-corrected chi connectivity index (χ1v) is 5.59. The molecule has 0 aliphatic heterocycles. The van der Waals surface area contributed by atoms with Crippen molar-refractivity contribution < 1.29 is 5.11 Å². The van der Waals surface area contributed by atoms with E-state index in [4.69, 9.17) is 5.11 Å². The van der Waals surface area contributed by atoms with Crippen LogP contribution in [-0.2, 0) is 7.05 Å². The Balaban J connectivity index is 2.12. The molecule has 0 saturated heterocycles. The van der Waals surface area contributed by atoms with E-state index < -0.39 is 0 Å². The highest BCUT2D eigenvalue weighted by Crippen LogP contribution is 2.11. The van der Waals surface area contributed by atoms with E-state index in [2.05, 4.69) is 10.4 Å². The first kappa shape index (κ1) is 12.0. The van der Waals surface area contributed by atoms with E-state index in [1.54, 1.807) is 0 Å². The van der Waals surface area contributed by atoms with Gasteiger partial charge in [0.2, 0.25) is 0 Å². The summed E-state index contributed by atoms with van der Waals surface area (Å²) in [5.74, 6) is 0. The largest absolute Gasteiger partial charge is 0.396 e. The highest BCUT2D eigenvalue weighted by molar-refractivity contribution is 5.45. The Hall–Kier alpha value is -1.03. The van der Waals surface area contributed by atoms with Crippen LogP contribution in [0.5, 0.6) is 0 Å². The van der Waals surface area contributed by atoms with Gasteiger partial charge in [-0.1, -0.05) is 12.8 Å². The van der Waals surface area contributed by atoms with Gasteiger partial charge in [0.1, 0.15) is 0 Å². The summed E-state index contributed by atoms with van der Waals surface area (Å²) >= 11 is 0. The lowest BCUT2D eigenvalue weighted by atomic mass is 10.2. The number of nitrogens with one attached hydrogen (secondary N) is 1. The topological polar surface area (TPSA) is 50.1 Å². The average Bonchev–Trinajstić information content (AvgIpc) is 2.51. The number of anilines is 1. The summed E-state index contributed by atoms with van der Waals surface area (Å²) in [5.41, 5.74) is 2.17. The van der Waals surface area contributed by atoms with Crippen LogP contribution in [0.1, 0.15) is 31.4 Å². The Morgan fingerprint density at radius 2 is 2.07 bits per heavy atom. The third-order valence-electron chi connectivity index (χ3n) is 2.41. The number of rotatable bonds is 7. The highest BCUT2D eigenvalue weighted by atomic mass is 16.2. The molecule has 0 radical (unpaired) electrons. The van der Waals surface area contributed by atoms with Crippen LogP contribution in [0.3, 0.4) is 0 Å². The van der Waals surface area contributed by atoms with Gasteiger partial charge in [-0.25, -0.2) is 0 Å². The summed E-state index contributed by atoms with van der Waals surface area (Å²) < 4.78 is 1.82. The molecule has 0 spiro atoms.